The molecule has 0 aromatic carbocycles. The van der Waals surface area contributed by atoms with Gasteiger partial charge in [-0.05, 0) is 0 Å². The summed E-state index contributed by atoms with van der Waals surface area (Å²) >= 11 is 0. The van der Waals surface area contributed by atoms with Gasteiger partial charge in [-0.3, -0.25) is 0 Å². The SMILES string of the molecule is COCCOCCOCCOCCOC(=O)NC(CO)CO. The zero-order valence-electron chi connectivity index (χ0n) is 13.0. The fourth-order valence-electron chi connectivity index (χ4n) is 1.23. The summed E-state index contributed by atoms with van der Waals surface area (Å²) in [6.07, 6.45) is -0.707. The van der Waals surface area contributed by atoms with Gasteiger partial charge < -0.3 is 39.2 Å². The predicted octanol–water partition coefficient (Wildman–Crippen LogP) is -1.24. The third-order valence-electron chi connectivity index (χ3n) is 2.40. The minimum absolute atomic E-state index is 0.0789. The first-order valence-electron chi connectivity index (χ1n) is 7.11. The van der Waals surface area contributed by atoms with Gasteiger partial charge in [0, 0.05) is 7.11 Å². The van der Waals surface area contributed by atoms with Crippen LogP contribution in [0, 0.1) is 0 Å². The molecule has 132 valence electrons. The monoisotopic (exact) mass is 325 g/mol. The largest absolute Gasteiger partial charge is 0.447 e. The molecule has 0 aromatic rings. The molecule has 0 saturated carbocycles. The molecule has 0 bridgehead atoms. The molecule has 0 fully saturated rings. The van der Waals surface area contributed by atoms with Gasteiger partial charge in [0.15, 0.2) is 0 Å². The van der Waals surface area contributed by atoms with Gasteiger partial charge in [0.2, 0.25) is 0 Å². The summed E-state index contributed by atoms with van der Waals surface area (Å²) in [5.41, 5.74) is 0. The lowest BCUT2D eigenvalue weighted by Crippen LogP contribution is -2.40. The van der Waals surface area contributed by atoms with E-state index in [1.807, 2.05) is 0 Å². The molecule has 0 atom stereocenters. The van der Waals surface area contributed by atoms with Crippen LogP contribution in [0.2, 0.25) is 0 Å². The van der Waals surface area contributed by atoms with Crippen LogP contribution in [0.5, 0.6) is 0 Å². The number of aliphatic hydroxyl groups excluding tert-OH is 2. The first-order chi connectivity index (χ1) is 10.7. The highest BCUT2D eigenvalue weighted by Gasteiger charge is 2.10. The highest BCUT2D eigenvalue weighted by atomic mass is 16.6. The van der Waals surface area contributed by atoms with Crippen molar-refractivity contribution in [3.8, 4) is 0 Å². The van der Waals surface area contributed by atoms with E-state index in [4.69, 9.17) is 33.9 Å². The third kappa shape index (κ3) is 14.0. The van der Waals surface area contributed by atoms with Crippen LogP contribution in [0.4, 0.5) is 4.79 Å². The molecule has 22 heavy (non-hydrogen) atoms. The van der Waals surface area contributed by atoms with E-state index in [1.165, 1.54) is 0 Å². The van der Waals surface area contributed by atoms with Crippen molar-refractivity contribution in [1.29, 1.82) is 0 Å². The fraction of sp³-hybridized carbons (Fsp3) is 0.923. The van der Waals surface area contributed by atoms with E-state index in [1.54, 1.807) is 7.11 Å². The Kier molecular flexibility index (Phi) is 15.7. The van der Waals surface area contributed by atoms with Crippen LogP contribution >= 0.6 is 0 Å². The molecule has 9 nitrogen and oxygen atoms in total. The van der Waals surface area contributed by atoms with Gasteiger partial charge in [0.1, 0.15) is 6.61 Å². The Labute approximate surface area is 130 Å². The number of alkyl carbamates (subject to hydrolysis) is 1. The van der Waals surface area contributed by atoms with Gasteiger partial charge in [-0.15, -0.1) is 0 Å². The number of ether oxygens (including phenoxy) is 5. The van der Waals surface area contributed by atoms with Crippen molar-refractivity contribution in [3.63, 3.8) is 0 Å². The van der Waals surface area contributed by atoms with Gasteiger partial charge in [0.05, 0.1) is 65.5 Å². The van der Waals surface area contributed by atoms with Crippen molar-refractivity contribution in [2.45, 2.75) is 6.04 Å². The fourth-order valence-corrected chi connectivity index (χ4v) is 1.23. The lowest BCUT2D eigenvalue weighted by atomic mass is 10.3. The topological polar surface area (TPSA) is 116 Å². The van der Waals surface area contributed by atoms with Gasteiger partial charge in [-0.1, -0.05) is 0 Å². The first-order valence-corrected chi connectivity index (χ1v) is 7.11. The molecule has 0 saturated heterocycles. The number of hydrogen-bond acceptors (Lipinski definition) is 8. The molecule has 0 aliphatic carbocycles. The second-order valence-electron chi connectivity index (χ2n) is 4.17. The maximum atomic E-state index is 11.2. The Morgan fingerprint density at radius 3 is 1.77 bits per heavy atom. The smallest absolute Gasteiger partial charge is 0.407 e. The Bertz CT molecular complexity index is 250. The van der Waals surface area contributed by atoms with E-state index in [0.29, 0.717) is 39.6 Å². The summed E-state index contributed by atoms with van der Waals surface area (Å²) in [5, 5.41) is 19.8. The van der Waals surface area contributed by atoms with E-state index < -0.39 is 12.1 Å². The molecule has 0 spiro atoms. The van der Waals surface area contributed by atoms with E-state index in [-0.39, 0.29) is 26.4 Å². The number of rotatable bonds is 15. The van der Waals surface area contributed by atoms with Crippen molar-refractivity contribution < 1.29 is 38.7 Å². The maximum absolute atomic E-state index is 11.2. The van der Waals surface area contributed by atoms with Crippen LogP contribution in [0.3, 0.4) is 0 Å². The predicted molar refractivity (Wildman–Crippen MR) is 76.8 cm³/mol. The molecular formula is C13H27NO8. The summed E-state index contributed by atoms with van der Waals surface area (Å²) in [4.78, 5) is 11.2. The molecule has 0 aliphatic heterocycles. The van der Waals surface area contributed by atoms with Crippen LogP contribution in [-0.2, 0) is 23.7 Å². The minimum Gasteiger partial charge on any atom is -0.447 e. The maximum Gasteiger partial charge on any atom is 0.407 e. The third-order valence-corrected chi connectivity index (χ3v) is 2.40. The highest BCUT2D eigenvalue weighted by Crippen LogP contribution is 1.86. The number of methoxy groups -OCH3 is 1. The standard InChI is InChI=1S/C13H27NO8/c1-18-2-3-19-4-5-20-6-7-21-8-9-22-13(17)14-12(10-15)11-16/h12,15-16H,2-11H2,1H3,(H,14,17). The van der Waals surface area contributed by atoms with Crippen LogP contribution in [0.25, 0.3) is 0 Å². The summed E-state index contributed by atoms with van der Waals surface area (Å²) in [6.45, 7) is 2.52. The van der Waals surface area contributed by atoms with E-state index >= 15 is 0 Å². The van der Waals surface area contributed by atoms with Crippen LogP contribution < -0.4 is 5.32 Å². The van der Waals surface area contributed by atoms with Crippen molar-refractivity contribution in [2.75, 3.05) is 73.2 Å². The number of nitrogens with one attached hydrogen (secondary N) is 1. The molecule has 1 amide bonds. The molecule has 3 N–H and O–H groups in total. The zero-order chi connectivity index (χ0) is 16.5. The second-order valence-corrected chi connectivity index (χ2v) is 4.17. The second kappa shape index (κ2) is 16.4. The summed E-state index contributed by atoms with van der Waals surface area (Å²) in [7, 11) is 1.61. The molecule has 9 heteroatoms. The van der Waals surface area contributed by atoms with Crippen LogP contribution in [0.1, 0.15) is 0 Å². The van der Waals surface area contributed by atoms with E-state index in [0.717, 1.165) is 0 Å². The molecule has 0 unspecified atom stereocenters. The van der Waals surface area contributed by atoms with Crippen molar-refractivity contribution in [2.24, 2.45) is 0 Å². The average Bonchev–Trinajstić information content (AvgIpc) is 2.53. The highest BCUT2D eigenvalue weighted by molar-refractivity contribution is 5.67. The van der Waals surface area contributed by atoms with Crippen molar-refractivity contribution >= 4 is 6.09 Å². The number of carbonyl (C=O) groups is 1. The Hall–Kier alpha value is -0.970. The number of hydrogen-bond donors (Lipinski definition) is 3. The van der Waals surface area contributed by atoms with Crippen LogP contribution in [-0.4, -0.2) is 95.5 Å². The number of aliphatic hydroxyl groups is 2. The Morgan fingerprint density at radius 1 is 0.864 bits per heavy atom. The summed E-state index contributed by atoms with van der Waals surface area (Å²) in [5.74, 6) is 0. The zero-order valence-corrected chi connectivity index (χ0v) is 13.0. The van der Waals surface area contributed by atoms with Gasteiger partial charge in [0.25, 0.3) is 0 Å². The molecular weight excluding hydrogens is 298 g/mol. The quantitative estimate of drug-likeness (QED) is 0.320. The van der Waals surface area contributed by atoms with E-state index in [9.17, 15) is 4.79 Å². The lowest BCUT2D eigenvalue weighted by Gasteiger charge is -2.13. The molecule has 0 heterocycles. The van der Waals surface area contributed by atoms with Crippen LogP contribution in [0.15, 0.2) is 0 Å². The molecule has 0 rings (SSSR count). The summed E-state index contributed by atoms with van der Waals surface area (Å²) < 4.78 is 25.3. The Morgan fingerprint density at radius 2 is 1.32 bits per heavy atom. The average molecular weight is 325 g/mol. The van der Waals surface area contributed by atoms with Crippen molar-refractivity contribution in [3.05, 3.63) is 0 Å². The number of amides is 1. The van der Waals surface area contributed by atoms with Crippen molar-refractivity contribution in [1.82, 2.24) is 5.32 Å². The normalized spacial score (nSPS) is 10.9. The Balaban J connectivity index is 3.21. The van der Waals surface area contributed by atoms with Gasteiger partial charge in [-0.25, -0.2) is 4.79 Å². The minimum atomic E-state index is -0.715. The van der Waals surface area contributed by atoms with E-state index in [2.05, 4.69) is 5.32 Å². The van der Waals surface area contributed by atoms with Gasteiger partial charge in [-0.2, -0.15) is 0 Å². The number of carbonyl (C=O) groups excluding carboxylic acids is 1. The first kappa shape index (κ1) is 21.0. The van der Waals surface area contributed by atoms with Gasteiger partial charge >= 0.3 is 6.09 Å². The molecule has 0 aromatic heterocycles. The summed E-state index contributed by atoms with van der Waals surface area (Å²) in [6, 6.07) is -0.715. The molecule has 0 aliphatic rings. The lowest BCUT2D eigenvalue weighted by molar-refractivity contribution is -0.00257. The molecule has 0 radical (unpaired) electrons.